The standard InChI is InChI=1S/C21H25FN2O5S/c1-29-20(25)9-4-2-3-5-14-23-21(26)16-7-6-8-19(15-16)30(27,28)24-18-12-10-17(22)11-13-18/h6-8,10-13,15,24H,2-5,9,14H2,1H3,(H,23,26). The zero-order valence-electron chi connectivity index (χ0n) is 16.7. The average molecular weight is 437 g/mol. The van der Waals surface area contributed by atoms with E-state index >= 15 is 0 Å². The van der Waals surface area contributed by atoms with Gasteiger partial charge in [-0.2, -0.15) is 0 Å². The second-order valence-corrected chi connectivity index (χ2v) is 8.32. The first-order valence-corrected chi connectivity index (χ1v) is 11.0. The fourth-order valence-corrected chi connectivity index (χ4v) is 3.79. The predicted octanol–water partition coefficient (Wildman–Crippen LogP) is 3.48. The van der Waals surface area contributed by atoms with Crippen LogP contribution in [0.4, 0.5) is 10.1 Å². The van der Waals surface area contributed by atoms with Crippen molar-refractivity contribution in [3.05, 3.63) is 59.9 Å². The van der Waals surface area contributed by atoms with Crippen molar-refractivity contribution in [2.45, 2.75) is 37.0 Å². The number of hydrogen-bond donors (Lipinski definition) is 2. The Balaban J connectivity index is 1.85. The summed E-state index contributed by atoms with van der Waals surface area (Å²) in [5.74, 6) is -1.07. The molecule has 0 aromatic heterocycles. The van der Waals surface area contributed by atoms with Crippen molar-refractivity contribution in [2.75, 3.05) is 18.4 Å². The molecule has 0 saturated carbocycles. The summed E-state index contributed by atoms with van der Waals surface area (Å²) in [6.45, 7) is 0.446. The highest BCUT2D eigenvalue weighted by molar-refractivity contribution is 7.92. The Morgan fingerprint density at radius 2 is 1.70 bits per heavy atom. The molecule has 0 heterocycles. The number of unbranched alkanes of at least 4 members (excludes halogenated alkanes) is 3. The third kappa shape index (κ3) is 7.47. The number of hydrogen-bond acceptors (Lipinski definition) is 5. The van der Waals surface area contributed by atoms with Crippen LogP contribution in [0, 0.1) is 5.82 Å². The number of benzene rings is 2. The second-order valence-electron chi connectivity index (χ2n) is 6.64. The Hall–Kier alpha value is -2.94. The zero-order valence-corrected chi connectivity index (χ0v) is 17.5. The summed E-state index contributed by atoms with van der Waals surface area (Å²) in [4.78, 5) is 23.3. The molecule has 0 unspecified atom stereocenters. The first-order chi connectivity index (χ1) is 14.3. The maximum Gasteiger partial charge on any atom is 0.305 e. The van der Waals surface area contributed by atoms with Crippen LogP contribution >= 0.6 is 0 Å². The van der Waals surface area contributed by atoms with Gasteiger partial charge in [0, 0.05) is 24.2 Å². The molecular formula is C21H25FN2O5S. The molecule has 0 saturated heterocycles. The van der Waals surface area contributed by atoms with Crippen molar-refractivity contribution < 1.29 is 27.1 Å². The maximum atomic E-state index is 13.0. The van der Waals surface area contributed by atoms with Crippen LogP contribution in [0.25, 0.3) is 0 Å². The summed E-state index contributed by atoms with van der Waals surface area (Å²) in [6.07, 6.45) is 3.58. The monoisotopic (exact) mass is 436 g/mol. The normalized spacial score (nSPS) is 11.0. The van der Waals surface area contributed by atoms with Crippen LogP contribution in [0.3, 0.4) is 0 Å². The summed E-state index contributed by atoms with van der Waals surface area (Å²) >= 11 is 0. The highest BCUT2D eigenvalue weighted by atomic mass is 32.2. The molecule has 2 rings (SSSR count). The molecule has 1 amide bonds. The predicted molar refractivity (Wildman–Crippen MR) is 111 cm³/mol. The fourth-order valence-electron chi connectivity index (χ4n) is 2.69. The second kappa shape index (κ2) is 11.3. The van der Waals surface area contributed by atoms with Crippen molar-refractivity contribution in [3.63, 3.8) is 0 Å². The molecule has 2 aromatic carbocycles. The van der Waals surface area contributed by atoms with Gasteiger partial charge in [0.15, 0.2) is 0 Å². The number of carbonyl (C=O) groups is 2. The van der Waals surface area contributed by atoms with Gasteiger partial charge in [-0.05, 0) is 55.3 Å². The van der Waals surface area contributed by atoms with Crippen LogP contribution in [-0.4, -0.2) is 33.9 Å². The van der Waals surface area contributed by atoms with Gasteiger partial charge >= 0.3 is 5.97 Å². The maximum absolute atomic E-state index is 13.0. The molecule has 162 valence electrons. The van der Waals surface area contributed by atoms with Gasteiger partial charge in [-0.1, -0.05) is 18.9 Å². The fraction of sp³-hybridized carbons (Fsp3) is 0.333. The lowest BCUT2D eigenvalue weighted by molar-refractivity contribution is -0.140. The first kappa shape index (κ1) is 23.3. The van der Waals surface area contributed by atoms with E-state index in [9.17, 15) is 22.4 Å². The smallest absolute Gasteiger partial charge is 0.305 e. The van der Waals surface area contributed by atoms with Gasteiger partial charge in [0.2, 0.25) is 0 Å². The van der Waals surface area contributed by atoms with E-state index in [-0.39, 0.29) is 28.0 Å². The average Bonchev–Trinajstić information content (AvgIpc) is 2.74. The Morgan fingerprint density at radius 3 is 2.40 bits per heavy atom. The lowest BCUT2D eigenvalue weighted by Gasteiger charge is -2.10. The lowest BCUT2D eigenvalue weighted by Crippen LogP contribution is -2.24. The van der Waals surface area contributed by atoms with Crippen LogP contribution in [0.15, 0.2) is 53.4 Å². The van der Waals surface area contributed by atoms with Gasteiger partial charge in [-0.3, -0.25) is 14.3 Å². The van der Waals surface area contributed by atoms with E-state index in [1.807, 2.05) is 0 Å². The minimum atomic E-state index is -3.92. The van der Waals surface area contributed by atoms with E-state index in [1.54, 1.807) is 0 Å². The molecule has 9 heteroatoms. The number of halogens is 1. The summed E-state index contributed by atoms with van der Waals surface area (Å²) in [6, 6.07) is 10.6. The first-order valence-electron chi connectivity index (χ1n) is 9.55. The van der Waals surface area contributed by atoms with Crippen molar-refractivity contribution in [1.82, 2.24) is 5.32 Å². The third-order valence-corrected chi connectivity index (χ3v) is 5.70. The molecule has 0 fully saturated rings. The Bertz CT molecular complexity index is 962. The lowest BCUT2D eigenvalue weighted by atomic mass is 10.1. The molecule has 2 N–H and O–H groups in total. The molecule has 0 bridgehead atoms. The van der Waals surface area contributed by atoms with Gasteiger partial charge in [0.1, 0.15) is 5.82 Å². The van der Waals surface area contributed by atoms with E-state index in [1.165, 1.54) is 43.5 Å². The van der Waals surface area contributed by atoms with Gasteiger partial charge in [-0.15, -0.1) is 0 Å². The number of ether oxygens (including phenoxy) is 1. The Kier molecular flexibility index (Phi) is 8.79. The molecule has 0 aliphatic carbocycles. The largest absolute Gasteiger partial charge is 0.469 e. The highest BCUT2D eigenvalue weighted by Crippen LogP contribution is 2.17. The van der Waals surface area contributed by atoms with Crippen LogP contribution in [-0.2, 0) is 19.6 Å². The molecule has 0 spiro atoms. The Labute approximate surface area is 175 Å². The van der Waals surface area contributed by atoms with Crippen molar-refractivity contribution in [3.8, 4) is 0 Å². The molecule has 0 atom stereocenters. The number of rotatable bonds is 11. The number of methoxy groups -OCH3 is 1. The molecule has 0 radical (unpaired) electrons. The summed E-state index contributed by atoms with van der Waals surface area (Å²) in [5, 5.41) is 2.76. The summed E-state index contributed by atoms with van der Waals surface area (Å²) in [7, 11) is -2.56. The topological polar surface area (TPSA) is 102 Å². The van der Waals surface area contributed by atoms with Crippen molar-refractivity contribution in [2.24, 2.45) is 0 Å². The molecular weight excluding hydrogens is 411 g/mol. The summed E-state index contributed by atoms with van der Waals surface area (Å²) in [5.41, 5.74) is 0.445. The van der Waals surface area contributed by atoms with Crippen LogP contribution in [0.5, 0.6) is 0 Å². The minimum Gasteiger partial charge on any atom is -0.469 e. The number of sulfonamides is 1. The minimum absolute atomic E-state index is 0.0673. The van der Waals surface area contributed by atoms with Crippen LogP contribution in [0.2, 0.25) is 0 Å². The molecule has 2 aromatic rings. The van der Waals surface area contributed by atoms with E-state index in [0.29, 0.717) is 13.0 Å². The number of nitrogens with one attached hydrogen (secondary N) is 2. The van der Waals surface area contributed by atoms with Gasteiger partial charge in [-0.25, -0.2) is 12.8 Å². The van der Waals surface area contributed by atoms with Crippen LogP contribution in [0.1, 0.15) is 42.5 Å². The number of esters is 1. The van der Waals surface area contributed by atoms with Crippen molar-refractivity contribution >= 4 is 27.6 Å². The Morgan fingerprint density at radius 1 is 1.00 bits per heavy atom. The van der Waals surface area contributed by atoms with Crippen LogP contribution < -0.4 is 10.0 Å². The molecule has 0 aliphatic rings. The number of amides is 1. The third-order valence-electron chi connectivity index (χ3n) is 4.32. The zero-order chi connectivity index (χ0) is 22.0. The molecule has 30 heavy (non-hydrogen) atoms. The summed E-state index contributed by atoms with van der Waals surface area (Å²) < 4.78 is 44.9. The van der Waals surface area contributed by atoms with Gasteiger partial charge < -0.3 is 10.1 Å². The van der Waals surface area contributed by atoms with Gasteiger partial charge in [0.05, 0.1) is 12.0 Å². The molecule has 7 nitrogen and oxygen atoms in total. The van der Waals surface area contributed by atoms with E-state index in [0.717, 1.165) is 37.8 Å². The quantitative estimate of drug-likeness (QED) is 0.415. The van der Waals surface area contributed by atoms with E-state index in [2.05, 4.69) is 14.8 Å². The van der Waals surface area contributed by atoms with E-state index in [4.69, 9.17) is 0 Å². The van der Waals surface area contributed by atoms with E-state index < -0.39 is 15.8 Å². The number of carbonyl (C=O) groups excluding carboxylic acids is 2. The highest BCUT2D eigenvalue weighted by Gasteiger charge is 2.16. The SMILES string of the molecule is COC(=O)CCCCCCNC(=O)c1cccc(S(=O)(=O)Nc2ccc(F)cc2)c1. The number of anilines is 1. The van der Waals surface area contributed by atoms with Crippen molar-refractivity contribution in [1.29, 1.82) is 0 Å². The van der Waals surface area contributed by atoms with Gasteiger partial charge in [0.25, 0.3) is 15.9 Å². The molecule has 0 aliphatic heterocycles.